The van der Waals surface area contributed by atoms with Crippen molar-refractivity contribution in [2.45, 2.75) is 173 Å². The number of aromatic amines is 1. The molecule has 58 heavy (non-hydrogen) atoms. The molecule has 3 heterocycles. The topological polar surface area (TPSA) is 151 Å². The van der Waals surface area contributed by atoms with Crippen LogP contribution in [0.5, 0.6) is 5.75 Å². The second-order valence-electron chi connectivity index (χ2n) is 16.1. The number of likely N-dealkylation sites (N-methyl/N-ethyl adjacent to an activating group) is 1. The fraction of sp³-hybridized carbons (Fsp3) is 0.733. The Morgan fingerprint density at radius 2 is 1.28 bits per heavy atom. The molecule has 0 amide bonds. The second kappa shape index (κ2) is 27.5. The zero-order chi connectivity index (χ0) is 42.2. The minimum absolute atomic E-state index is 0.147. The predicted molar refractivity (Wildman–Crippen MR) is 236 cm³/mol. The summed E-state index contributed by atoms with van der Waals surface area (Å²) in [6, 6.07) is 4.71. The van der Waals surface area contributed by atoms with Crippen molar-refractivity contribution >= 4 is 27.0 Å². The van der Waals surface area contributed by atoms with E-state index in [-0.39, 0.29) is 16.3 Å². The molecule has 0 spiro atoms. The molecule has 0 saturated carbocycles. The Hall–Kier alpha value is -3.29. The van der Waals surface area contributed by atoms with Crippen molar-refractivity contribution in [2.75, 3.05) is 39.8 Å². The maximum Gasteiger partial charge on any atom is 0.303 e. The van der Waals surface area contributed by atoms with Gasteiger partial charge in [-0.2, -0.15) is 9.40 Å². The number of aliphatic carboxylic acids is 1. The molecule has 1 aliphatic heterocycles. The number of aromatic nitrogens is 4. The lowest BCUT2D eigenvalue weighted by Gasteiger charge is -2.31. The van der Waals surface area contributed by atoms with Crippen LogP contribution in [0.4, 0.5) is 0 Å². The van der Waals surface area contributed by atoms with Gasteiger partial charge in [0, 0.05) is 39.6 Å². The zero-order valence-corrected chi connectivity index (χ0v) is 37.5. The highest BCUT2D eigenvalue weighted by Gasteiger charge is 2.29. The van der Waals surface area contributed by atoms with E-state index < -0.39 is 16.0 Å². The summed E-state index contributed by atoms with van der Waals surface area (Å²) in [4.78, 5) is 33.1. The monoisotopic (exact) mass is 829 g/mol. The van der Waals surface area contributed by atoms with E-state index in [0.29, 0.717) is 68.0 Å². The van der Waals surface area contributed by atoms with Crippen molar-refractivity contribution in [2.24, 2.45) is 7.05 Å². The quantitative estimate of drug-likeness (QED) is 0.0682. The summed E-state index contributed by atoms with van der Waals surface area (Å²) in [6.45, 7) is 8.77. The normalized spacial score (nSPS) is 13.8. The molecule has 1 fully saturated rings. The van der Waals surface area contributed by atoms with E-state index in [4.69, 9.17) is 14.8 Å². The van der Waals surface area contributed by atoms with Crippen molar-refractivity contribution < 1.29 is 23.1 Å². The fourth-order valence-corrected chi connectivity index (χ4v) is 9.07. The van der Waals surface area contributed by atoms with Crippen LogP contribution in [0.1, 0.15) is 168 Å². The SMILES string of the molecule is CCCCCCCCCCCCCCCCCCCCCCC(=O)O.CCCc1nn(C)c2c(=O)[nH]c(-c3cc(S(=O)(=O)N4CCN(C)CC4)ccc3OCC)nc12. The van der Waals surface area contributed by atoms with Gasteiger partial charge in [-0.25, -0.2) is 13.4 Å². The maximum atomic E-state index is 13.3. The van der Waals surface area contributed by atoms with Crippen LogP contribution >= 0.6 is 0 Å². The summed E-state index contributed by atoms with van der Waals surface area (Å²) >= 11 is 0. The smallest absolute Gasteiger partial charge is 0.303 e. The molecule has 2 N–H and O–H groups in total. The number of carboxylic acid groups (broad SMARTS) is 1. The van der Waals surface area contributed by atoms with E-state index in [1.54, 1.807) is 25.2 Å². The Bertz CT molecular complexity index is 1780. The van der Waals surface area contributed by atoms with E-state index in [9.17, 15) is 18.0 Å². The standard InChI is InChI=1S/C23H46O2.C22H30N6O4S/c1-2-3-4-5-6-7-8-9-10-11-12-13-14-15-16-17-18-19-20-21-22-23(24)25;1-5-7-17-19-20(27(4)25-17)22(29)24-21(23-19)16-14-15(8-9-18(16)32-6-2)33(30,31)28-12-10-26(3)11-13-28/h2-22H2,1H3,(H,24,25);8-9,14H,5-7,10-13H2,1-4H3,(H,23,24,29). The molecule has 4 rings (SSSR count). The van der Waals surface area contributed by atoms with E-state index in [1.165, 1.54) is 125 Å². The molecule has 0 unspecified atom stereocenters. The molecule has 1 aliphatic rings. The number of sulfonamides is 1. The van der Waals surface area contributed by atoms with Gasteiger partial charge in [0.25, 0.3) is 5.56 Å². The number of hydrogen-bond acceptors (Lipinski definition) is 8. The van der Waals surface area contributed by atoms with Crippen molar-refractivity contribution in [1.29, 1.82) is 0 Å². The van der Waals surface area contributed by atoms with Crippen LogP contribution in [0.3, 0.4) is 0 Å². The van der Waals surface area contributed by atoms with Crippen molar-refractivity contribution in [3.05, 3.63) is 34.2 Å². The highest BCUT2D eigenvalue weighted by atomic mass is 32.2. The molecule has 328 valence electrons. The fourth-order valence-electron chi connectivity index (χ4n) is 7.62. The first-order valence-electron chi connectivity index (χ1n) is 22.7. The number of fused-ring (bicyclic) bond motifs is 1. The molecule has 2 aromatic heterocycles. The summed E-state index contributed by atoms with van der Waals surface area (Å²) in [7, 11) is -0.00831. The number of ether oxygens (including phenoxy) is 1. The third-order valence-corrected chi connectivity index (χ3v) is 13.0. The lowest BCUT2D eigenvalue weighted by atomic mass is 10.0. The first kappa shape index (κ1) is 49.1. The zero-order valence-electron chi connectivity index (χ0n) is 36.7. The van der Waals surface area contributed by atoms with Gasteiger partial charge in [0.15, 0.2) is 5.52 Å². The lowest BCUT2D eigenvalue weighted by molar-refractivity contribution is -0.137. The van der Waals surface area contributed by atoms with Gasteiger partial charge in [-0.15, -0.1) is 0 Å². The van der Waals surface area contributed by atoms with Gasteiger partial charge < -0.3 is 19.7 Å². The van der Waals surface area contributed by atoms with E-state index >= 15 is 0 Å². The molecule has 13 heteroatoms. The van der Waals surface area contributed by atoms with Gasteiger partial charge in [0.05, 0.1) is 22.8 Å². The number of H-pyrrole nitrogens is 1. The summed E-state index contributed by atoms with van der Waals surface area (Å²) in [5.74, 6) is 0.0670. The predicted octanol–water partition coefficient (Wildman–Crippen LogP) is 9.89. The van der Waals surface area contributed by atoms with Gasteiger partial charge in [-0.05, 0) is 45.0 Å². The summed E-state index contributed by atoms with van der Waals surface area (Å²) in [6.07, 6.45) is 29.1. The number of carboxylic acids is 1. The molecular weight excluding hydrogens is 753 g/mol. The summed E-state index contributed by atoms with van der Waals surface area (Å²) in [5.41, 5.74) is 1.75. The molecule has 1 saturated heterocycles. The van der Waals surface area contributed by atoms with Crippen LogP contribution < -0.4 is 10.3 Å². The van der Waals surface area contributed by atoms with Crippen LogP contribution in [-0.4, -0.2) is 88.3 Å². The number of nitrogens with one attached hydrogen (secondary N) is 1. The third kappa shape index (κ3) is 16.8. The van der Waals surface area contributed by atoms with Crippen LogP contribution in [0.2, 0.25) is 0 Å². The van der Waals surface area contributed by atoms with Crippen molar-refractivity contribution in [1.82, 2.24) is 29.0 Å². The molecule has 0 aliphatic carbocycles. The maximum absolute atomic E-state index is 13.3. The van der Waals surface area contributed by atoms with Crippen LogP contribution in [-0.2, 0) is 28.3 Å². The Balaban J connectivity index is 0.000000325. The first-order valence-corrected chi connectivity index (χ1v) is 24.1. The van der Waals surface area contributed by atoms with Crippen LogP contribution in [0, 0.1) is 0 Å². The largest absolute Gasteiger partial charge is 0.493 e. The van der Waals surface area contributed by atoms with Crippen LogP contribution in [0.25, 0.3) is 22.4 Å². The highest BCUT2D eigenvalue weighted by Crippen LogP contribution is 2.32. The molecular formula is C45H76N6O6S. The number of carbonyl (C=O) groups is 1. The Labute approximate surface area is 349 Å². The minimum atomic E-state index is -3.70. The molecule has 3 aromatic rings. The van der Waals surface area contributed by atoms with Gasteiger partial charge in [0.2, 0.25) is 10.0 Å². The Morgan fingerprint density at radius 1 is 0.759 bits per heavy atom. The number of aryl methyl sites for hydroxylation is 2. The second-order valence-corrected chi connectivity index (χ2v) is 18.0. The Morgan fingerprint density at radius 3 is 1.76 bits per heavy atom. The highest BCUT2D eigenvalue weighted by molar-refractivity contribution is 7.89. The number of hydrogen-bond donors (Lipinski definition) is 2. The van der Waals surface area contributed by atoms with Gasteiger partial charge in [-0.3, -0.25) is 14.3 Å². The molecule has 0 bridgehead atoms. The molecule has 0 radical (unpaired) electrons. The minimum Gasteiger partial charge on any atom is -0.493 e. The van der Waals surface area contributed by atoms with Gasteiger partial charge in [0.1, 0.15) is 17.1 Å². The number of rotatable bonds is 28. The number of piperazine rings is 1. The molecule has 0 atom stereocenters. The molecule has 12 nitrogen and oxygen atoms in total. The van der Waals surface area contributed by atoms with E-state index in [2.05, 4.69) is 21.9 Å². The number of unbranched alkanes of at least 4 members (excludes halogenated alkanes) is 19. The molecule has 1 aromatic carbocycles. The first-order chi connectivity index (χ1) is 28.0. The number of nitrogens with zero attached hydrogens (tertiary/aromatic N) is 5. The Kier molecular flexibility index (Phi) is 23.2. The van der Waals surface area contributed by atoms with Crippen LogP contribution in [0.15, 0.2) is 27.9 Å². The van der Waals surface area contributed by atoms with Crippen molar-refractivity contribution in [3.63, 3.8) is 0 Å². The lowest BCUT2D eigenvalue weighted by Crippen LogP contribution is -2.47. The third-order valence-electron chi connectivity index (χ3n) is 11.1. The summed E-state index contributed by atoms with van der Waals surface area (Å²) in [5, 5.41) is 13.0. The summed E-state index contributed by atoms with van der Waals surface area (Å²) < 4.78 is 35.4. The average molecular weight is 829 g/mol. The number of benzene rings is 1. The average Bonchev–Trinajstić information content (AvgIpc) is 3.52. The van der Waals surface area contributed by atoms with Gasteiger partial charge >= 0.3 is 5.97 Å². The van der Waals surface area contributed by atoms with E-state index in [0.717, 1.165) is 25.0 Å². The van der Waals surface area contributed by atoms with Gasteiger partial charge in [-0.1, -0.05) is 142 Å². The van der Waals surface area contributed by atoms with E-state index in [1.807, 2.05) is 20.9 Å². The van der Waals surface area contributed by atoms with Crippen molar-refractivity contribution in [3.8, 4) is 17.1 Å².